The summed E-state index contributed by atoms with van der Waals surface area (Å²) in [6, 6.07) is 6.13. The van der Waals surface area contributed by atoms with E-state index in [0.717, 1.165) is 33.1 Å². The number of hydrogen-bond acceptors (Lipinski definition) is 3. The maximum Gasteiger partial charge on any atom is 0.123 e. The summed E-state index contributed by atoms with van der Waals surface area (Å²) < 4.78 is 0. The van der Waals surface area contributed by atoms with Crippen LogP contribution >= 0.6 is 22.9 Å². The van der Waals surface area contributed by atoms with Gasteiger partial charge in [-0.25, -0.2) is 9.97 Å². The summed E-state index contributed by atoms with van der Waals surface area (Å²) in [6.07, 6.45) is 0. The molecule has 17 heavy (non-hydrogen) atoms. The number of halogens is 1. The third-order valence-electron chi connectivity index (χ3n) is 2.54. The molecule has 1 N–H and O–H groups in total. The zero-order valence-electron chi connectivity index (χ0n) is 9.20. The van der Waals surface area contributed by atoms with Gasteiger partial charge >= 0.3 is 0 Å². The minimum absolute atomic E-state index is 0.460. The van der Waals surface area contributed by atoms with Gasteiger partial charge in [-0.1, -0.05) is 0 Å². The number of alkyl halides is 1. The largest absolute Gasteiger partial charge is 0.342 e. The third-order valence-corrected chi connectivity index (χ3v) is 3.75. The SMILES string of the molecule is Cc1nc2ccc(-c3nc(CCl)cs3)cc2[nH]1. The second kappa shape index (κ2) is 4.13. The highest BCUT2D eigenvalue weighted by Crippen LogP contribution is 2.26. The molecule has 0 bridgehead atoms. The van der Waals surface area contributed by atoms with Crippen molar-refractivity contribution in [3.8, 4) is 10.6 Å². The van der Waals surface area contributed by atoms with Crippen molar-refractivity contribution in [3.05, 3.63) is 35.1 Å². The summed E-state index contributed by atoms with van der Waals surface area (Å²) in [5.41, 5.74) is 4.05. The minimum Gasteiger partial charge on any atom is -0.342 e. The number of H-pyrrole nitrogens is 1. The van der Waals surface area contributed by atoms with Crippen LogP contribution in [0.15, 0.2) is 23.6 Å². The van der Waals surface area contributed by atoms with Gasteiger partial charge in [-0.2, -0.15) is 0 Å². The molecule has 0 radical (unpaired) electrons. The molecule has 0 aliphatic carbocycles. The maximum atomic E-state index is 5.75. The van der Waals surface area contributed by atoms with E-state index in [1.54, 1.807) is 11.3 Å². The molecule has 2 heterocycles. The first-order valence-electron chi connectivity index (χ1n) is 5.23. The summed E-state index contributed by atoms with van der Waals surface area (Å²) in [4.78, 5) is 12.1. The number of benzene rings is 1. The van der Waals surface area contributed by atoms with E-state index in [4.69, 9.17) is 11.6 Å². The van der Waals surface area contributed by atoms with Crippen LogP contribution in [0.5, 0.6) is 0 Å². The van der Waals surface area contributed by atoms with E-state index in [1.165, 1.54) is 0 Å². The molecule has 0 spiro atoms. The molecule has 0 aliphatic rings. The first kappa shape index (κ1) is 10.7. The fourth-order valence-electron chi connectivity index (χ4n) is 1.77. The highest BCUT2D eigenvalue weighted by molar-refractivity contribution is 7.13. The molecule has 3 aromatic rings. The molecule has 86 valence electrons. The van der Waals surface area contributed by atoms with Crippen LogP contribution in [0.25, 0.3) is 21.6 Å². The van der Waals surface area contributed by atoms with E-state index in [2.05, 4.69) is 21.0 Å². The maximum absolute atomic E-state index is 5.75. The fraction of sp³-hybridized carbons (Fsp3) is 0.167. The van der Waals surface area contributed by atoms with Crippen molar-refractivity contribution in [1.82, 2.24) is 15.0 Å². The van der Waals surface area contributed by atoms with Crippen LogP contribution in [0.1, 0.15) is 11.5 Å². The lowest BCUT2D eigenvalue weighted by Crippen LogP contribution is -1.79. The fourth-order valence-corrected chi connectivity index (χ4v) is 2.82. The van der Waals surface area contributed by atoms with E-state index < -0.39 is 0 Å². The molecule has 0 saturated carbocycles. The van der Waals surface area contributed by atoms with E-state index in [9.17, 15) is 0 Å². The average Bonchev–Trinajstić information content (AvgIpc) is 2.92. The van der Waals surface area contributed by atoms with Crippen LogP contribution < -0.4 is 0 Å². The van der Waals surface area contributed by atoms with Crippen molar-refractivity contribution in [2.75, 3.05) is 0 Å². The predicted molar refractivity (Wildman–Crippen MR) is 71.5 cm³/mol. The Labute approximate surface area is 107 Å². The molecule has 3 nitrogen and oxygen atoms in total. The van der Waals surface area contributed by atoms with Crippen LogP contribution in [0.3, 0.4) is 0 Å². The zero-order chi connectivity index (χ0) is 11.8. The van der Waals surface area contributed by atoms with Crippen molar-refractivity contribution in [2.24, 2.45) is 0 Å². The Morgan fingerprint density at radius 2 is 2.24 bits per heavy atom. The number of thiazole rings is 1. The first-order valence-corrected chi connectivity index (χ1v) is 6.65. The third kappa shape index (κ3) is 1.94. The second-order valence-corrected chi connectivity index (χ2v) is 4.96. The lowest BCUT2D eigenvalue weighted by molar-refractivity contribution is 1.17. The molecule has 0 fully saturated rings. The normalized spacial score (nSPS) is 11.2. The number of nitrogens with zero attached hydrogens (tertiary/aromatic N) is 2. The van der Waals surface area contributed by atoms with Gasteiger partial charge in [-0.15, -0.1) is 22.9 Å². The molecule has 2 aromatic heterocycles. The molecule has 5 heteroatoms. The Bertz CT molecular complexity index is 671. The Morgan fingerprint density at radius 1 is 1.35 bits per heavy atom. The first-order chi connectivity index (χ1) is 8.26. The average molecular weight is 264 g/mol. The molecule has 0 atom stereocenters. The van der Waals surface area contributed by atoms with Crippen molar-refractivity contribution < 1.29 is 0 Å². The Hall–Kier alpha value is -1.39. The number of aromatic amines is 1. The summed E-state index contributed by atoms with van der Waals surface area (Å²) in [5.74, 6) is 1.39. The molecule has 0 unspecified atom stereocenters. The van der Waals surface area contributed by atoms with Crippen molar-refractivity contribution in [1.29, 1.82) is 0 Å². The van der Waals surface area contributed by atoms with Gasteiger partial charge < -0.3 is 4.98 Å². The number of fused-ring (bicyclic) bond motifs is 1. The Morgan fingerprint density at radius 3 is 3.00 bits per heavy atom. The van der Waals surface area contributed by atoms with E-state index >= 15 is 0 Å². The monoisotopic (exact) mass is 263 g/mol. The number of aryl methyl sites for hydroxylation is 1. The number of imidazole rings is 1. The quantitative estimate of drug-likeness (QED) is 0.716. The van der Waals surface area contributed by atoms with Crippen LogP contribution in [-0.2, 0) is 5.88 Å². The molecule has 0 saturated heterocycles. The number of rotatable bonds is 2. The lowest BCUT2D eigenvalue weighted by Gasteiger charge is -1.95. The van der Waals surface area contributed by atoms with E-state index in [0.29, 0.717) is 5.88 Å². The molecule has 1 aromatic carbocycles. The van der Waals surface area contributed by atoms with Gasteiger partial charge in [0.15, 0.2) is 0 Å². The van der Waals surface area contributed by atoms with E-state index in [-0.39, 0.29) is 0 Å². The van der Waals surface area contributed by atoms with Gasteiger partial charge in [0.1, 0.15) is 10.8 Å². The van der Waals surface area contributed by atoms with Crippen LogP contribution in [0, 0.1) is 6.92 Å². The smallest absolute Gasteiger partial charge is 0.123 e. The summed E-state index contributed by atoms with van der Waals surface area (Å²) in [5, 5.41) is 2.99. The topological polar surface area (TPSA) is 41.6 Å². The van der Waals surface area contributed by atoms with Gasteiger partial charge in [0.05, 0.1) is 22.6 Å². The summed E-state index contributed by atoms with van der Waals surface area (Å²) in [7, 11) is 0. The lowest BCUT2D eigenvalue weighted by atomic mass is 10.2. The predicted octanol–water partition coefficient (Wildman–Crippen LogP) is 3.73. The summed E-state index contributed by atoms with van der Waals surface area (Å²) in [6.45, 7) is 1.95. The molecule has 0 aliphatic heterocycles. The molecular formula is C12H10ClN3S. The van der Waals surface area contributed by atoms with Gasteiger partial charge in [0.2, 0.25) is 0 Å². The number of aromatic nitrogens is 3. The number of hydrogen-bond donors (Lipinski definition) is 1. The van der Waals surface area contributed by atoms with E-state index in [1.807, 2.05) is 24.4 Å². The Kier molecular flexibility index (Phi) is 2.61. The molecular weight excluding hydrogens is 254 g/mol. The van der Waals surface area contributed by atoms with Crippen molar-refractivity contribution in [2.45, 2.75) is 12.8 Å². The van der Waals surface area contributed by atoms with Gasteiger partial charge in [-0.3, -0.25) is 0 Å². The van der Waals surface area contributed by atoms with Gasteiger partial charge in [-0.05, 0) is 25.1 Å². The van der Waals surface area contributed by atoms with Crippen molar-refractivity contribution in [3.63, 3.8) is 0 Å². The Balaban J connectivity index is 2.10. The van der Waals surface area contributed by atoms with Crippen LogP contribution in [0.2, 0.25) is 0 Å². The molecule has 0 amide bonds. The highest BCUT2D eigenvalue weighted by Gasteiger charge is 2.06. The van der Waals surface area contributed by atoms with Crippen LogP contribution in [0.4, 0.5) is 0 Å². The van der Waals surface area contributed by atoms with Crippen molar-refractivity contribution >= 4 is 34.0 Å². The van der Waals surface area contributed by atoms with Gasteiger partial charge in [0, 0.05) is 10.9 Å². The molecule has 3 rings (SSSR count). The standard InChI is InChI=1S/C12H10ClN3S/c1-7-14-10-3-2-8(4-11(10)15-7)12-16-9(5-13)6-17-12/h2-4,6H,5H2,1H3,(H,14,15). The second-order valence-electron chi connectivity index (χ2n) is 3.83. The highest BCUT2D eigenvalue weighted by atomic mass is 35.5. The number of nitrogens with one attached hydrogen (secondary N) is 1. The van der Waals surface area contributed by atoms with Gasteiger partial charge in [0.25, 0.3) is 0 Å². The zero-order valence-corrected chi connectivity index (χ0v) is 10.8. The minimum atomic E-state index is 0.460. The van der Waals surface area contributed by atoms with Crippen LogP contribution in [-0.4, -0.2) is 15.0 Å². The summed E-state index contributed by atoms with van der Waals surface area (Å²) >= 11 is 7.37.